The van der Waals surface area contributed by atoms with E-state index >= 15 is 0 Å². The van der Waals surface area contributed by atoms with Crippen LogP contribution in [-0.4, -0.2) is 38.9 Å². The molecule has 1 N–H and O–H groups in total. The van der Waals surface area contributed by atoms with E-state index in [-0.39, 0.29) is 21.8 Å². The number of benzene rings is 2. The normalized spacial score (nSPS) is 12.7. The Morgan fingerprint density at radius 2 is 1.62 bits per heavy atom. The first-order chi connectivity index (χ1) is 15.3. The van der Waals surface area contributed by atoms with Crippen molar-refractivity contribution in [3.05, 3.63) is 82.6 Å². The minimum atomic E-state index is -3.88. The number of aryl methyl sites for hydroxylation is 1. The lowest BCUT2D eigenvalue weighted by Crippen LogP contribution is -2.38. The number of amides is 1. The molecule has 1 aromatic heterocycles. The third-order valence-corrected chi connectivity index (χ3v) is 7.26. The van der Waals surface area contributed by atoms with Crippen molar-refractivity contribution < 1.29 is 17.6 Å². The fourth-order valence-corrected chi connectivity index (χ4v) is 4.80. The molecule has 1 atom stereocenters. The van der Waals surface area contributed by atoms with Gasteiger partial charge in [-0.1, -0.05) is 55.3 Å². The predicted octanol–water partition coefficient (Wildman–Crippen LogP) is 4.89. The van der Waals surface area contributed by atoms with E-state index in [4.69, 9.17) is 16.0 Å². The summed E-state index contributed by atoms with van der Waals surface area (Å²) in [6, 6.07) is 16.7. The Kier molecular flexibility index (Phi) is 7.77. The van der Waals surface area contributed by atoms with Crippen LogP contribution in [0.3, 0.4) is 0 Å². The van der Waals surface area contributed by atoms with E-state index in [1.54, 1.807) is 0 Å². The average Bonchev–Trinajstić information content (AvgIpc) is 3.29. The van der Waals surface area contributed by atoms with E-state index in [2.05, 4.69) is 36.2 Å². The smallest absolute Gasteiger partial charge is 0.287 e. The molecule has 0 fully saturated rings. The molecule has 8 heteroatoms. The van der Waals surface area contributed by atoms with Gasteiger partial charge in [-0.2, -0.15) is 0 Å². The molecule has 3 rings (SSSR count). The van der Waals surface area contributed by atoms with Crippen LogP contribution in [0.5, 0.6) is 0 Å². The highest BCUT2D eigenvalue weighted by atomic mass is 35.5. The second-order valence-corrected chi connectivity index (χ2v) is 9.75. The number of likely N-dealkylation sites (N-methyl/N-ethyl adjacent to an activating group) is 1. The number of furan rings is 1. The minimum absolute atomic E-state index is 0.0122. The van der Waals surface area contributed by atoms with Crippen molar-refractivity contribution in [2.75, 3.05) is 19.6 Å². The van der Waals surface area contributed by atoms with Gasteiger partial charge in [0, 0.05) is 11.6 Å². The van der Waals surface area contributed by atoms with Gasteiger partial charge in [0.25, 0.3) is 5.91 Å². The van der Waals surface area contributed by atoms with Crippen LogP contribution in [0.2, 0.25) is 5.02 Å². The van der Waals surface area contributed by atoms with E-state index in [0.29, 0.717) is 11.6 Å². The molecule has 32 heavy (non-hydrogen) atoms. The van der Waals surface area contributed by atoms with Crippen molar-refractivity contribution in [2.45, 2.75) is 36.8 Å². The summed E-state index contributed by atoms with van der Waals surface area (Å²) in [5, 5.41) is 3.03. The van der Waals surface area contributed by atoms with Crippen LogP contribution in [0.25, 0.3) is 0 Å². The summed E-state index contributed by atoms with van der Waals surface area (Å²) in [7, 11) is -3.88. The Morgan fingerprint density at radius 3 is 2.22 bits per heavy atom. The SMILES string of the molecule is CCN(CC)C(CNC(=O)c1ccc(S(=O)(=O)c2ccc(Cl)cc2)o1)c1ccc(C)cc1. The van der Waals surface area contributed by atoms with Gasteiger partial charge in [0.2, 0.25) is 14.9 Å². The van der Waals surface area contributed by atoms with Gasteiger partial charge in [-0.15, -0.1) is 0 Å². The largest absolute Gasteiger partial charge is 0.439 e. The van der Waals surface area contributed by atoms with Crippen molar-refractivity contribution in [3.8, 4) is 0 Å². The Morgan fingerprint density at radius 1 is 1.00 bits per heavy atom. The summed E-state index contributed by atoms with van der Waals surface area (Å²) in [4.78, 5) is 15.0. The van der Waals surface area contributed by atoms with E-state index < -0.39 is 15.7 Å². The molecule has 1 amide bonds. The lowest BCUT2D eigenvalue weighted by Gasteiger charge is -2.30. The molecule has 3 aromatic rings. The minimum Gasteiger partial charge on any atom is -0.439 e. The average molecular weight is 475 g/mol. The van der Waals surface area contributed by atoms with Crippen LogP contribution in [-0.2, 0) is 9.84 Å². The maximum atomic E-state index is 12.8. The van der Waals surface area contributed by atoms with Crippen molar-refractivity contribution in [1.82, 2.24) is 10.2 Å². The van der Waals surface area contributed by atoms with E-state index in [9.17, 15) is 13.2 Å². The van der Waals surface area contributed by atoms with Crippen LogP contribution in [0, 0.1) is 6.92 Å². The summed E-state index contributed by atoms with van der Waals surface area (Å²) in [5.41, 5.74) is 2.27. The van der Waals surface area contributed by atoms with Gasteiger partial charge >= 0.3 is 0 Å². The van der Waals surface area contributed by atoms with Crippen molar-refractivity contribution in [1.29, 1.82) is 0 Å². The molecule has 0 bridgehead atoms. The number of sulfone groups is 1. The third kappa shape index (κ3) is 5.41. The van der Waals surface area contributed by atoms with Crippen LogP contribution in [0.4, 0.5) is 0 Å². The van der Waals surface area contributed by atoms with E-state index in [1.807, 2.05) is 19.1 Å². The van der Waals surface area contributed by atoms with Gasteiger partial charge < -0.3 is 9.73 Å². The molecule has 6 nitrogen and oxygen atoms in total. The molecule has 0 spiro atoms. The highest BCUT2D eigenvalue weighted by Crippen LogP contribution is 2.25. The molecule has 2 aromatic carbocycles. The zero-order valence-corrected chi connectivity index (χ0v) is 19.9. The Balaban J connectivity index is 1.75. The lowest BCUT2D eigenvalue weighted by atomic mass is 10.0. The second kappa shape index (κ2) is 10.3. The number of hydrogen-bond donors (Lipinski definition) is 1. The maximum absolute atomic E-state index is 12.8. The number of halogens is 1. The molecule has 0 aliphatic heterocycles. The number of carbonyl (C=O) groups excluding carboxylic acids is 1. The molecule has 0 aliphatic rings. The standard InChI is InChI=1S/C24H27ClN2O4S/c1-4-27(5-2)21(18-8-6-17(3)7-9-18)16-26-24(28)22-14-15-23(31-22)32(29,30)20-12-10-19(25)11-13-20/h6-15,21H,4-5,16H2,1-3H3,(H,26,28). The summed E-state index contributed by atoms with van der Waals surface area (Å²) >= 11 is 5.83. The molecule has 170 valence electrons. The van der Waals surface area contributed by atoms with E-state index in [0.717, 1.165) is 18.7 Å². The summed E-state index contributed by atoms with van der Waals surface area (Å²) in [6.45, 7) is 8.21. The molecule has 0 saturated carbocycles. The third-order valence-electron chi connectivity index (χ3n) is 5.37. The van der Waals surface area contributed by atoms with Crippen molar-refractivity contribution in [2.24, 2.45) is 0 Å². The van der Waals surface area contributed by atoms with Crippen LogP contribution < -0.4 is 5.32 Å². The highest BCUT2D eigenvalue weighted by Gasteiger charge is 2.25. The Bertz CT molecular complexity index is 1150. The molecule has 1 heterocycles. The zero-order chi connectivity index (χ0) is 23.3. The number of nitrogens with one attached hydrogen (secondary N) is 1. The first-order valence-corrected chi connectivity index (χ1v) is 12.3. The fourth-order valence-electron chi connectivity index (χ4n) is 3.50. The van der Waals surface area contributed by atoms with Crippen molar-refractivity contribution >= 4 is 27.3 Å². The van der Waals surface area contributed by atoms with Gasteiger partial charge in [-0.05, 0) is 62.0 Å². The molecule has 0 saturated heterocycles. The summed E-state index contributed by atoms with van der Waals surface area (Å²) in [6.07, 6.45) is 0. The summed E-state index contributed by atoms with van der Waals surface area (Å²) < 4.78 is 30.9. The molecular weight excluding hydrogens is 448 g/mol. The van der Waals surface area contributed by atoms with Crippen LogP contribution in [0.15, 0.2) is 75.1 Å². The first kappa shape index (κ1) is 24.0. The number of hydrogen-bond acceptors (Lipinski definition) is 5. The van der Waals surface area contributed by atoms with Crippen LogP contribution in [0.1, 0.15) is 41.6 Å². The lowest BCUT2D eigenvalue weighted by molar-refractivity contribution is 0.0902. The molecule has 0 radical (unpaired) electrons. The van der Waals surface area contributed by atoms with Gasteiger partial charge in [0.05, 0.1) is 10.9 Å². The predicted molar refractivity (Wildman–Crippen MR) is 125 cm³/mol. The highest BCUT2D eigenvalue weighted by molar-refractivity contribution is 7.91. The maximum Gasteiger partial charge on any atom is 0.287 e. The second-order valence-electron chi connectivity index (χ2n) is 7.43. The first-order valence-electron chi connectivity index (χ1n) is 10.5. The van der Waals surface area contributed by atoms with Gasteiger partial charge in [-0.25, -0.2) is 8.42 Å². The van der Waals surface area contributed by atoms with E-state index in [1.165, 1.54) is 42.0 Å². The number of nitrogens with zero attached hydrogens (tertiary/aromatic N) is 1. The quantitative estimate of drug-likeness (QED) is 0.477. The Labute approximate surface area is 194 Å². The molecular formula is C24H27ClN2O4S. The monoisotopic (exact) mass is 474 g/mol. The van der Waals surface area contributed by atoms with Gasteiger partial charge in [-0.3, -0.25) is 9.69 Å². The number of carbonyl (C=O) groups is 1. The number of rotatable bonds is 9. The fraction of sp³-hybridized carbons (Fsp3) is 0.292. The molecule has 1 unspecified atom stereocenters. The molecule has 0 aliphatic carbocycles. The van der Waals surface area contributed by atoms with Crippen molar-refractivity contribution in [3.63, 3.8) is 0 Å². The van der Waals surface area contributed by atoms with Gasteiger partial charge in [0.1, 0.15) is 0 Å². The Hall–Kier alpha value is -2.61. The summed E-state index contributed by atoms with van der Waals surface area (Å²) in [5.74, 6) is -0.522. The zero-order valence-electron chi connectivity index (χ0n) is 18.3. The van der Waals surface area contributed by atoms with Crippen LogP contribution >= 0.6 is 11.6 Å². The van der Waals surface area contributed by atoms with Gasteiger partial charge in [0.15, 0.2) is 5.76 Å². The topological polar surface area (TPSA) is 79.6 Å².